The van der Waals surface area contributed by atoms with Gasteiger partial charge in [0.1, 0.15) is 17.7 Å². The summed E-state index contributed by atoms with van der Waals surface area (Å²) in [7, 11) is 0. The Morgan fingerprint density at radius 2 is 1.56 bits per heavy atom. The molecule has 0 heterocycles. The van der Waals surface area contributed by atoms with Crippen LogP contribution in [0.2, 0.25) is 0 Å². The summed E-state index contributed by atoms with van der Waals surface area (Å²) >= 11 is 0. The Labute approximate surface area is 191 Å². The summed E-state index contributed by atoms with van der Waals surface area (Å²) in [5.74, 6) is -1.86. The predicted molar refractivity (Wildman–Crippen MR) is 122 cm³/mol. The molecule has 0 aliphatic rings. The molecular formula is C24H38N2O6. The summed E-state index contributed by atoms with van der Waals surface area (Å²) in [6.07, 6.45) is 0.307. The van der Waals surface area contributed by atoms with Crippen LogP contribution in [0.4, 0.5) is 4.79 Å². The van der Waals surface area contributed by atoms with E-state index in [4.69, 9.17) is 9.47 Å². The van der Waals surface area contributed by atoms with Crippen molar-refractivity contribution in [1.82, 2.24) is 10.2 Å². The molecule has 0 aromatic heterocycles. The lowest BCUT2D eigenvalue weighted by atomic mass is 9.96. The summed E-state index contributed by atoms with van der Waals surface area (Å²) in [6.45, 7) is 11.4. The number of esters is 1. The Morgan fingerprint density at radius 3 is 2.09 bits per heavy atom. The topological polar surface area (TPSA) is 105 Å². The second kappa shape index (κ2) is 12.4. The van der Waals surface area contributed by atoms with E-state index in [1.165, 1.54) is 4.90 Å². The normalized spacial score (nSPS) is 12.7. The number of amides is 1. The van der Waals surface area contributed by atoms with Gasteiger partial charge < -0.3 is 19.9 Å². The van der Waals surface area contributed by atoms with Gasteiger partial charge in [0, 0.05) is 13.1 Å². The molecule has 0 bridgehead atoms. The Bertz CT molecular complexity index is 737. The summed E-state index contributed by atoms with van der Waals surface area (Å²) in [5, 5.41) is 12.7. The highest BCUT2D eigenvalue weighted by atomic mass is 16.6. The third-order valence-electron chi connectivity index (χ3n) is 4.29. The molecule has 1 amide bonds. The van der Waals surface area contributed by atoms with E-state index in [1.54, 1.807) is 41.5 Å². The van der Waals surface area contributed by atoms with Crippen LogP contribution in [-0.4, -0.2) is 65.4 Å². The van der Waals surface area contributed by atoms with Crippen molar-refractivity contribution in [3.8, 4) is 0 Å². The zero-order valence-electron chi connectivity index (χ0n) is 20.1. The SMILES string of the molecule is CC(C)(C)OC(=O)CN(CCNCCC(Cc1ccccc1)C(=O)O)C(=O)OC(C)(C)C. The molecule has 0 saturated heterocycles. The number of nitrogens with zero attached hydrogens (tertiary/aromatic N) is 1. The van der Waals surface area contributed by atoms with E-state index in [-0.39, 0.29) is 13.1 Å². The maximum Gasteiger partial charge on any atom is 0.410 e. The van der Waals surface area contributed by atoms with Gasteiger partial charge in [-0.2, -0.15) is 0 Å². The Kier molecular flexibility index (Phi) is 10.7. The quantitative estimate of drug-likeness (QED) is 0.393. The zero-order valence-corrected chi connectivity index (χ0v) is 20.1. The Hall–Kier alpha value is -2.61. The molecule has 8 heteroatoms. The molecule has 8 nitrogen and oxygen atoms in total. The van der Waals surface area contributed by atoms with Crippen molar-refractivity contribution in [2.75, 3.05) is 26.2 Å². The van der Waals surface area contributed by atoms with Gasteiger partial charge in [-0.25, -0.2) is 4.79 Å². The highest BCUT2D eigenvalue weighted by Gasteiger charge is 2.26. The molecule has 32 heavy (non-hydrogen) atoms. The standard InChI is InChI=1S/C24H38N2O6/c1-23(2,3)31-20(27)17-26(22(30)32-24(4,5)6)15-14-25-13-12-19(21(28)29)16-18-10-8-7-9-11-18/h7-11,19,25H,12-17H2,1-6H3,(H,28,29). The van der Waals surface area contributed by atoms with E-state index in [0.29, 0.717) is 25.9 Å². The van der Waals surface area contributed by atoms with Gasteiger partial charge in [0.2, 0.25) is 0 Å². The van der Waals surface area contributed by atoms with Crippen LogP contribution in [-0.2, 0) is 25.5 Å². The van der Waals surface area contributed by atoms with Crippen LogP contribution in [0.3, 0.4) is 0 Å². The molecule has 180 valence electrons. The van der Waals surface area contributed by atoms with Gasteiger partial charge in [-0.3, -0.25) is 14.5 Å². The van der Waals surface area contributed by atoms with Crippen molar-refractivity contribution in [3.05, 3.63) is 35.9 Å². The number of aliphatic carboxylic acids is 1. The first kappa shape index (κ1) is 27.4. The Balaban J connectivity index is 2.57. The highest BCUT2D eigenvalue weighted by Crippen LogP contribution is 2.13. The molecule has 1 aromatic carbocycles. The average Bonchev–Trinajstić information content (AvgIpc) is 2.63. The van der Waals surface area contributed by atoms with Gasteiger partial charge in [-0.1, -0.05) is 30.3 Å². The molecule has 0 fully saturated rings. The van der Waals surface area contributed by atoms with E-state index in [2.05, 4.69) is 5.32 Å². The minimum atomic E-state index is -0.837. The third-order valence-corrected chi connectivity index (χ3v) is 4.29. The van der Waals surface area contributed by atoms with E-state index >= 15 is 0 Å². The van der Waals surface area contributed by atoms with Crippen LogP contribution < -0.4 is 5.32 Å². The summed E-state index contributed by atoms with van der Waals surface area (Å²) < 4.78 is 10.7. The first-order valence-corrected chi connectivity index (χ1v) is 10.9. The van der Waals surface area contributed by atoms with Crippen LogP contribution in [0.1, 0.15) is 53.5 Å². The summed E-state index contributed by atoms with van der Waals surface area (Å²) in [4.78, 5) is 37.6. The lowest BCUT2D eigenvalue weighted by Gasteiger charge is -2.28. The van der Waals surface area contributed by atoms with Crippen LogP contribution in [0, 0.1) is 5.92 Å². The van der Waals surface area contributed by atoms with E-state index in [0.717, 1.165) is 5.56 Å². The van der Waals surface area contributed by atoms with Crippen molar-refractivity contribution < 1.29 is 29.0 Å². The largest absolute Gasteiger partial charge is 0.481 e. The fraction of sp³-hybridized carbons (Fsp3) is 0.625. The highest BCUT2D eigenvalue weighted by molar-refractivity contribution is 5.78. The van der Waals surface area contributed by atoms with Gasteiger partial charge in [0.05, 0.1) is 5.92 Å². The van der Waals surface area contributed by atoms with E-state index in [9.17, 15) is 19.5 Å². The zero-order chi connectivity index (χ0) is 24.4. The van der Waals surface area contributed by atoms with Gasteiger partial charge >= 0.3 is 18.0 Å². The average molecular weight is 451 g/mol. The fourth-order valence-corrected chi connectivity index (χ4v) is 2.92. The number of benzene rings is 1. The maximum atomic E-state index is 12.5. The van der Waals surface area contributed by atoms with Gasteiger partial charge in [-0.15, -0.1) is 0 Å². The number of hydrogen-bond acceptors (Lipinski definition) is 6. The third kappa shape index (κ3) is 12.3. The lowest BCUT2D eigenvalue weighted by molar-refractivity contribution is -0.156. The number of carbonyl (C=O) groups excluding carboxylic acids is 2. The number of nitrogens with one attached hydrogen (secondary N) is 1. The molecule has 1 unspecified atom stereocenters. The molecule has 1 atom stereocenters. The number of carboxylic acids is 1. The van der Waals surface area contributed by atoms with E-state index < -0.39 is 35.2 Å². The summed E-state index contributed by atoms with van der Waals surface area (Å²) in [5.41, 5.74) is -0.365. The molecule has 2 N–H and O–H groups in total. The smallest absolute Gasteiger partial charge is 0.410 e. The molecule has 0 aliphatic heterocycles. The number of carboxylic acid groups (broad SMARTS) is 1. The van der Waals surface area contributed by atoms with Gasteiger partial charge in [0.15, 0.2) is 0 Å². The maximum absolute atomic E-state index is 12.5. The number of ether oxygens (including phenoxy) is 2. The Morgan fingerprint density at radius 1 is 0.969 bits per heavy atom. The number of carbonyl (C=O) groups is 3. The molecule has 0 radical (unpaired) electrons. The number of rotatable bonds is 11. The van der Waals surface area contributed by atoms with Crippen LogP contribution in [0.15, 0.2) is 30.3 Å². The molecule has 1 rings (SSSR count). The molecule has 1 aromatic rings. The first-order valence-electron chi connectivity index (χ1n) is 10.9. The molecule has 0 spiro atoms. The minimum Gasteiger partial charge on any atom is -0.481 e. The summed E-state index contributed by atoms with van der Waals surface area (Å²) in [6, 6.07) is 9.51. The monoisotopic (exact) mass is 450 g/mol. The first-order chi connectivity index (χ1) is 14.8. The molecule has 0 saturated carbocycles. The fourth-order valence-electron chi connectivity index (χ4n) is 2.92. The predicted octanol–water partition coefficient (Wildman–Crippen LogP) is 3.49. The van der Waals surface area contributed by atoms with Crippen molar-refractivity contribution in [3.63, 3.8) is 0 Å². The molecule has 0 aliphatic carbocycles. The van der Waals surface area contributed by atoms with Crippen LogP contribution in [0.5, 0.6) is 0 Å². The van der Waals surface area contributed by atoms with Crippen LogP contribution in [0.25, 0.3) is 0 Å². The van der Waals surface area contributed by atoms with Crippen molar-refractivity contribution in [1.29, 1.82) is 0 Å². The van der Waals surface area contributed by atoms with Crippen molar-refractivity contribution in [2.45, 2.75) is 65.6 Å². The van der Waals surface area contributed by atoms with E-state index in [1.807, 2.05) is 30.3 Å². The van der Waals surface area contributed by atoms with Gasteiger partial charge in [-0.05, 0) is 66.5 Å². The van der Waals surface area contributed by atoms with Gasteiger partial charge in [0.25, 0.3) is 0 Å². The van der Waals surface area contributed by atoms with Crippen molar-refractivity contribution in [2.24, 2.45) is 5.92 Å². The lowest BCUT2D eigenvalue weighted by Crippen LogP contribution is -2.44. The second-order valence-corrected chi connectivity index (χ2v) is 9.75. The van der Waals surface area contributed by atoms with Crippen LogP contribution >= 0.6 is 0 Å². The second-order valence-electron chi connectivity index (χ2n) is 9.75. The molecular weight excluding hydrogens is 412 g/mol. The minimum absolute atomic E-state index is 0.223. The number of hydrogen-bond donors (Lipinski definition) is 2. The van der Waals surface area contributed by atoms with Crippen molar-refractivity contribution >= 4 is 18.0 Å².